The van der Waals surface area contributed by atoms with Crippen molar-refractivity contribution in [3.8, 4) is 34.5 Å². The molecule has 478 valence electrons. The van der Waals surface area contributed by atoms with Crippen molar-refractivity contribution in [2.24, 2.45) is 0 Å². The van der Waals surface area contributed by atoms with Crippen LogP contribution in [0.4, 0.5) is 43.7 Å². The number of carbonyl (C=O) groups excluding carboxylic acids is 2. The second kappa shape index (κ2) is 29.7. The zero-order valence-electron chi connectivity index (χ0n) is 54.1. The molecule has 10 nitrogen and oxygen atoms in total. The Bertz CT molecular complexity index is 4110. The van der Waals surface area contributed by atoms with Crippen LogP contribution in [-0.4, -0.2) is 26.5 Å². The molecule has 0 amide bonds. The topological polar surface area (TPSA) is 96.0 Å². The summed E-state index contributed by atoms with van der Waals surface area (Å²) >= 11 is 0. The van der Waals surface area contributed by atoms with Gasteiger partial charge in [0.15, 0.2) is 0 Å². The summed E-state index contributed by atoms with van der Waals surface area (Å²) in [6, 6.07) is 93.2. The molecule has 0 aromatic heterocycles. The molecule has 0 atom stereocenters. The van der Waals surface area contributed by atoms with Crippen LogP contribution in [0, 0.1) is 0 Å². The zero-order valence-corrected chi connectivity index (χ0v) is 54.1. The van der Waals surface area contributed by atoms with E-state index in [0.717, 1.165) is 119 Å². The molecule has 0 radical (unpaired) electrons. The second-order valence-corrected chi connectivity index (χ2v) is 24.5. The Hall–Kier alpha value is -11.4. The molecule has 2 aliphatic rings. The number of nitrogens with zero attached hydrogens (tertiary/aromatic N) is 2. The Kier molecular flexibility index (Phi) is 19.6. The molecule has 0 aliphatic heterocycles. The summed E-state index contributed by atoms with van der Waals surface area (Å²) in [6.07, 6.45) is 18.2. The number of carbonyl (C=O) groups is 2. The van der Waals surface area contributed by atoms with Gasteiger partial charge in [-0.05, 0) is 216 Å². The van der Waals surface area contributed by atoms with Crippen LogP contribution in [0.2, 0.25) is 0 Å². The minimum Gasteiger partial charge on any atom is -0.497 e. The smallest absolute Gasteiger partial charge is 0.497 e. The minimum atomic E-state index is -0.801. The van der Waals surface area contributed by atoms with Gasteiger partial charge in [-0.1, -0.05) is 196 Å². The highest BCUT2D eigenvalue weighted by molar-refractivity contribution is 5.81. The van der Waals surface area contributed by atoms with Crippen molar-refractivity contribution in [2.75, 3.05) is 24.0 Å². The molecule has 0 spiro atoms. The summed E-state index contributed by atoms with van der Waals surface area (Å²) in [5.74, 6) is 3.29. The van der Waals surface area contributed by atoms with Crippen LogP contribution in [0.5, 0.6) is 34.5 Å². The fraction of sp³-hybridized carbons (Fsp3) is 0.163. The maximum atomic E-state index is 13.1. The van der Waals surface area contributed by atoms with Gasteiger partial charge in [0.25, 0.3) is 0 Å². The van der Waals surface area contributed by atoms with E-state index in [1.54, 1.807) is 38.5 Å². The van der Waals surface area contributed by atoms with Gasteiger partial charge in [0.2, 0.25) is 0 Å². The van der Waals surface area contributed by atoms with Crippen molar-refractivity contribution in [2.45, 2.75) is 75.0 Å². The third kappa shape index (κ3) is 14.8. The largest absolute Gasteiger partial charge is 0.519 e. The van der Waals surface area contributed by atoms with Crippen molar-refractivity contribution in [1.82, 2.24) is 0 Å². The molecule has 0 bridgehead atoms. The van der Waals surface area contributed by atoms with Crippen molar-refractivity contribution >= 4 is 70.7 Å². The van der Waals surface area contributed by atoms with Gasteiger partial charge in [0.1, 0.15) is 34.5 Å². The number of anilines is 6. The molecule has 2 saturated carbocycles. The van der Waals surface area contributed by atoms with Crippen LogP contribution in [0.3, 0.4) is 0 Å². The first-order valence-electron chi connectivity index (χ1n) is 33.1. The van der Waals surface area contributed by atoms with Crippen LogP contribution in [0.15, 0.2) is 279 Å². The lowest BCUT2D eigenvalue weighted by molar-refractivity contribution is 0.150. The van der Waals surface area contributed by atoms with E-state index in [1.165, 1.54) is 35.1 Å². The van der Waals surface area contributed by atoms with Gasteiger partial charge in [-0.25, -0.2) is 9.59 Å². The summed E-state index contributed by atoms with van der Waals surface area (Å²) < 4.78 is 33.6. The standard InChI is InChI=1S/C86H76N2O8/c1-91-77-47-31-67(32-48-77)85(59-11-5-12-60-85)69-35-51-79(52-36-69)93-83(89)95-81-55-43-75(44-56-81)87(71-15-7-3-8-16-71)73-39-27-65(28-40-73)25-23-63-19-21-64(22-20-63)24-26-66-29-41-74(42-30-66)88(72-17-9-4-10-18-72)76-45-57-82(58-46-76)96-84(90)94-80-53-37-70(38-54-80)86(61-13-6-14-62-86)68-33-49-78(92-2)50-34-68/h3-4,7-10,15-58H,5-6,11-14,59-62H2,1-2H3/b25-23+,26-24+. The quantitative estimate of drug-likeness (QED) is 0.0417. The molecule has 2 fully saturated rings. The third-order valence-corrected chi connectivity index (χ3v) is 18.7. The van der Waals surface area contributed by atoms with Gasteiger partial charge in [0, 0.05) is 45.0 Å². The Morgan fingerprint density at radius 3 is 0.750 bits per heavy atom. The molecule has 0 N–H and O–H groups in total. The molecule has 10 heteroatoms. The predicted molar refractivity (Wildman–Crippen MR) is 386 cm³/mol. The molecule has 0 unspecified atom stereocenters. The lowest BCUT2D eigenvalue weighted by Crippen LogP contribution is -2.30. The number of para-hydroxylation sites is 2. The van der Waals surface area contributed by atoms with Gasteiger partial charge in [0.05, 0.1) is 14.2 Å². The van der Waals surface area contributed by atoms with Crippen molar-refractivity contribution in [1.29, 1.82) is 0 Å². The number of rotatable bonds is 20. The van der Waals surface area contributed by atoms with E-state index in [0.29, 0.717) is 23.0 Å². The third-order valence-electron chi connectivity index (χ3n) is 18.7. The van der Waals surface area contributed by atoms with Gasteiger partial charge < -0.3 is 38.2 Å². The molecule has 0 heterocycles. The molecular formula is C86H76N2O8. The first kappa shape index (κ1) is 63.4. The number of ether oxygens (including phenoxy) is 6. The fourth-order valence-corrected chi connectivity index (χ4v) is 13.7. The number of benzene rings is 11. The summed E-state index contributed by atoms with van der Waals surface area (Å²) in [5, 5.41) is 0. The Balaban J connectivity index is 0.607. The van der Waals surface area contributed by atoms with Gasteiger partial charge in [-0.15, -0.1) is 0 Å². The number of methoxy groups -OCH3 is 2. The minimum absolute atomic E-state index is 0.0988. The highest BCUT2D eigenvalue weighted by Gasteiger charge is 2.37. The molecule has 13 rings (SSSR count). The highest BCUT2D eigenvalue weighted by Crippen LogP contribution is 2.48. The monoisotopic (exact) mass is 1260 g/mol. The SMILES string of the molecule is COc1ccc(C2(c3ccc(OC(=O)Oc4ccc(N(c5ccccc5)c5ccc(/C=C/c6ccc(/C=C/c7ccc(N(c8ccccc8)c8ccc(OC(=O)Oc9ccc(C%10(c%11ccc(OC)cc%11)CCCCC%10)cc9)cc8)cc7)cc6)cc5)cc4)cc3)CCCCC2)cc1. The summed E-state index contributed by atoms with van der Waals surface area (Å²) in [7, 11) is 3.38. The van der Waals surface area contributed by atoms with Crippen molar-refractivity contribution in [3.05, 3.63) is 324 Å². The Morgan fingerprint density at radius 1 is 0.271 bits per heavy atom. The molecule has 0 saturated heterocycles. The summed E-state index contributed by atoms with van der Waals surface area (Å²) in [5.41, 5.74) is 14.8. The maximum absolute atomic E-state index is 13.1. The normalized spacial score (nSPS) is 14.1. The highest BCUT2D eigenvalue weighted by atomic mass is 16.7. The second-order valence-electron chi connectivity index (χ2n) is 24.5. The van der Waals surface area contributed by atoms with E-state index in [1.807, 2.05) is 109 Å². The van der Waals surface area contributed by atoms with Crippen molar-refractivity contribution in [3.63, 3.8) is 0 Å². The first-order chi connectivity index (χ1) is 47.2. The molecular weight excluding hydrogens is 1190 g/mol. The van der Waals surface area contributed by atoms with Gasteiger partial charge >= 0.3 is 12.3 Å². The Labute approximate surface area is 562 Å². The molecule has 11 aromatic rings. The lowest BCUT2D eigenvalue weighted by Gasteiger charge is -2.38. The molecule has 96 heavy (non-hydrogen) atoms. The summed E-state index contributed by atoms with van der Waals surface area (Å²) in [6.45, 7) is 0. The van der Waals surface area contributed by atoms with E-state index in [4.69, 9.17) is 28.4 Å². The molecule has 11 aromatic carbocycles. The number of hydrogen-bond acceptors (Lipinski definition) is 10. The first-order valence-corrected chi connectivity index (χ1v) is 33.1. The van der Waals surface area contributed by atoms with Crippen LogP contribution < -0.4 is 38.2 Å². The van der Waals surface area contributed by atoms with Crippen LogP contribution in [0.25, 0.3) is 24.3 Å². The zero-order chi connectivity index (χ0) is 65.5. The van der Waals surface area contributed by atoms with Gasteiger partial charge in [-0.3, -0.25) is 0 Å². The fourth-order valence-electron chi connectivity index (χ4n) is 13.7. The molecule has 2 aliphatic carbocycles. The maximum Gasteiger partial charge on any atom is 0.519 e. The summed E-state index contributed by atoms with van der Waals surface area (Å²) in [4.78, 5) is 30.6. The van der Waals surface area contributed by atoms with Crippen LogP contribution in [0.1, 0.15) is 109 Å². The van der Waals surface area contributed by atoms with Crippen molar-refractivity contribution < 1.29 is 38.0 Å². The van der Waals surface area contributed by atoms with Crippen LogP contribution >= 0.6 is 0 Å². The lowest BCUT2D eigenvalue weighted by atomic mass is 9.65. The average molecular weight is 1270 g/mol. The predicted octanol–water partition coefficient (Wildman–Crippen LogP) is 22.6. The van der Waals surface area contributed by atoms with Gasteiger partial charge in [-0.2, -0.15) is 0 Å². The van der Waals surface area contributed by atoms with E-state index < -0.39 is 12.3 Å². The van der Waals surface area contributed by atoms with E-state index in [2.05, 4.69) is 180 Å². The van der Waals surface area contributed by atoms with Crippen LogP contribution in [-0.2, 0) is 10.8 Å². The average Bonchev–Trinajstić information content (AvgIpc) is 0.837. The Morgan fingerprint density at radius 2 is 0.490 bits per heavy atom. The van der Waals surface area contributed by atoms with E-state index in [9.17, 15) is 9.59 Å². The van der Waals surface area contributed by atoms with E-state index in [-0.39, 0.29) is 10.8 Å². The van der Waals surface area contributed by atoms with E-state index >= 15 is 0 Å². The number of hydrogen-bond donors (Lipinski definition) is 0.